The van der Waals surface area contributed by atoms with E-state index in [-0.39, 0.29) is 36.8 Å². The molecule has 1 aliphatic carbocycles. The molecule has 0 aromatic carbocycles. The van der Waals surface area contributed by atoms with E-state index in [0.717, 1.165) is 42.0 Å². The van der Waals surface area contributed by atoms with Crippen molar-refractivity contribution in [3.63, 3.8) is 0 Å². The number of aryl methyl sites for hydroxylation is 2. The monoisotopic (exact) mass is 399 g/mol. The van der Waals surface area contributed by atoms with Gasteiger partial charge in [0.1, 0.15) is 0 Å². The zero-order valence-electron chi connectivity index (χ0n) is 15.1. The molecule has 0 saturated heterocycles. The highest BCUT2D eigenvalue weighted by Gasteiger charge is 2.25. The first-order chi connectivity index (χ1) is 11.5. The van der Waals surface area contributed by atoms with Crippen molar-refractivity contribution in [3.8, 4) is 5.82 Å². The second-order valence-corrected chi connectivity index (χ2v) is 6.70. The molecule has 2 atom stereocenters. The topological polar surface area (TPSA) is 85.8 Å². The van der Waals surface area contributed by atoms with Gasteiger partial charge in [-0.1, -0.05) is 12.5 Å². The highest BCUT2D eigenvalue weighted by molar-refractivity contribution is 5.85. The van der Waals surface area contributed by atoms with Crippen LogP contribution in [0.4, 0.5) is 0 Å². The lowest BCUT2D eigenvalue weighted by atomic mass is 10.00. The van der Waals surface area contributed by atoms with Crippen molar-refractivity contribution in [1.82, 2.24) is 20.1 Å². The number of halogens is 2. The van der Waals surface area contributed by atoms with Crippen LogP contribution in [-0.2, 0) is 11.3 Å². The summed E-state index contributed by atoms with van der Waals surface area (Å²) in [5.74, 6) is 1.18. The Bertz CT molecular complexity index is 717. The van der Waals surface area contributed by atoms with Gasteiger partial charge in [0.2, 0.25) is 5.91 Å². The number of rotatable bonds is 5. The normalized spacial score (nSPS) is 18.7. The molecule has 0 radical (unpaired) electrons. The minimum Gasteiger partial charge on any atom is -0.352 e. The number of amides is 1. The maximum atomic E-state index is 12.1. The fourth-order valence-electron chi connectivity index (χ4n) is 3.34. The van der Waals surface area contributed by atoms with E-state index in [1.54, 1.807) is 6.20 Å². The predicted octanol–water partition coefficient (Wildman–Crippen LogP) is 2.86. The third kappa shape index (κ3) is 5.43. The zero-order chi connectivity index (χ0) is 17.1. The van der Waals surface area contributed by atoms with Crippen LogP contribution in [0.25, 0.3) is 5.82 Å². The number of nitrogens with two attached hydrogens (primary N) is 1. The number of carbonyl (C=O) groups is 1. The van der Waals surface area contributed by atoms with Crippen molar-refractivity contribution in [2.24, 2.45) is 11.7 Å². The van der Waals surface area contributed by atoms with Gasteiger partial charge in [-0.15, -0.1) is 24.8 Å². The van der Waals surface area contributed by atoms with E-state index >= 15 is 0 Å². The first-order valence-electron chi connectivity index (χ1n) is 8.54. The van der Waals surface area contributed by atoms with Crippen LogP contribution < -0.4 is 11.1 Å². The number of hydrogen-bond donors (Lipinski definition) is 2. The summed E-state index contributed by atoms with van der Waals surface area (Å²) in [6.45, 7) is 4.46. The summed E-state index contributed by atoms with van der Waals surface area (Å²) in [6, 6.07) is 6.09. The van der Waals surface area contributed by atoms with E-state index < -0.39 is 0 Å². The predicted molar refractivity (Wildman–Crippen MR) is 107 cm³/mol. The highest BCUT2D eigenvalue weighted by Crippen LogP contribution is 2.26. The quantitative estimate of drug-likeness (QED) is 0.808. The van der Waals surface area contributed by atoms with E-state index in [1.807, 2.05) is 36.7 Å². The molecule has 6 nitrogen and oxygen atoms in total. The van der Waals surface area contributed by atoms with Gasteiger partial charge < -0.3 is 11.1 Å². The summed E-state index contributed by atoms with van der Waals surface area (Å²) in [5.41, 5.74) is 9.02. The smallest absolute Gasteiger partial charge is 0.220 e. The van der Waals surface area contributed by atoms with Crippen molar-refractivity contribution >= 4 is 30.7 Å². The standard InChI is InChI=1S/C18H25N5O.2ClH/c1-12-8-13(2)23(22-12)17-7-6-14(10-20-17)11-21-18(24)9-15-4-3-5-16(15)19;;/h6-8,10,15-16H,3-5,9,11,19H2,1-2H3,(H,21,24);2*1H/t15-,16+;;/m0../s1. The van der Waals surface area contributed by atoms with Crippen LogP contribution in [0.15, 0.2) is 24.4 Å². The molecular formula is C18H27Cl2N5O. The fraction of sp³-hybridized carbons (Fsp3) is 0.500. The van der Waals surface area contributed by atoms with E-state index in [4.69, 9.17) is 5.73 Å². The lowest BCUT2D eigenvalue weighted by Gasteiger charge is -2.14. The van der Waals surface area contributed by atoms with Gasteiger partial charge in [0.05, 0.1) is 5.69 Å². The molecule has 26 heavy (non-hydrogen) atoms. The van der Waals surface area contributed by atoms with Gasteiger partial charge in [0, 0.05) is 30.9 Å². The molecule has 8 heteroatoms. The molecular weight excluding hydrogens is 373 g/mol. The third-order valence-corrected chi connectivity index (χ3v) is 4.69. The number of pyridine rings is 1. The summed E-state index contributed by atoms with van der Waals surface area (Å²) in [6.07, 6.45) is 5.55. The van der Waals surface area contributed by atoms with Crippen molar-refractivity contribution < 1.29 is 4.79 Å². The molecule has 0 unspecified atom stereocenters. The number of hydrogen-bond acceptors (Lipinski definition) is 4. The van der Waals surface area contributed by atoms with Crippen LogP contribution in [0.1, 0.15) is 42.6 Å². The molecule has 3 rings (SSSR count). The van der Waals surface area contributed by atoms with Gasteiger partial charge >= 0.3 is 0 Å². The van der Waals surface area contributed by atoms with Gasteiger partial charge in [-0.25, -0.2) is 9.67 Å². The van der Waals surface area contributed by atoms with Crippen molar-refractivity contribution in [2.75, 3.05) is 0 Å². The second kappa shape index (κ2) is 9.90. The molecule has 144 valence electrons. The molecule has 0 bridgehead atoms. The Balaban J connectivity index is 0.00000169. The maximum absolute atomic E-state index is 12.1. The Labute approximate surface area is 166 Å². The van der Waals surface area contributed by atoms with E-state index in [9.17, 15) is 4.79 Å². The Morgan fingerprint density at radius 1 is 1.31 bits per heavy atom. The van der Waals surface area contributed by atoms with Gasteiger partial charge in [-0.2, -0.15) is 5.10 Å². The van der Waals surface area contributed by atoms with Gasteiger partial charge in [0.15, 0.2) is 5.82 Å². The number of nitrogens with zero attached hydrogens (tertiary/aromatic N) is 3. The Morgan fingerprint density at radius 2 is 2.08 bits per heavy atom. The SMILES string of the molecule is Cc1cc(C)n(-c2ccc(CNC(=O)C[C@@H]3CCC[C@H]3N)cn2)n1.Cl.Cl. The molecule has 2 aromatic heterocycles. The second-order valence-electron chi connectivity index (χ2n) is 6.70. The van der Waals surface area contributed by atoms with Crippen LogP contribution >= 0.6 is 24.8 Å². The van der Waals surface area contributed by atoms with Crippen molar-refractivity contribution in [3.05, 3.63) is 41.3 Å². The molecule has 1 fully saturated rings. The Kier molecular flexibility index (Phi) is 8.53. The molecule has 2 heterocycles. The van der Waals surface area contributed by atoms with Gasteiger partial charge in [0.25, 0.3) is 0 Å². The van der Waals surface area contributed by atoms with Crippen LogP contribution in [0.5, 0.6) is 0 Å². The minimum absolute atomic E-state index is 0. The van der Waals surface area contributed by atoms with Crippen LogP contribution in [0, 0.1) is 19.8 Å². The average molecular weight is 400 g/mol. The maximum Gasteiger partial charge on any atom is 0.220 e. The van der Waals surface area contributed by atoms with E-state index in [1.165, 1.54) is 0 Å². The Hall–Kier alpha value is -1.63. The summed E-state index contributed by atoms with van der Waals surface area (Å²) in [7, 11) is 0. The van der Waals surface area contributed by atoms with E-state index in [2.05, 4.69) is 15.4 Å². The molecule has 1 saturated carbocycles. The van der Waals surface area contributed by atoms with Gasteiger partial charge in [-0.05, 0) is 50.3 Å². The van der Waals surface area contributed by atoms with Crippen molar-refractivity contribution in [2.45, 2.75) is 52.1 Å². The fourth-order valence-corrected chi connectivity index (χ4v) is 3.34. The van der Waals surface area contributed by atoms with Crippen LogP contribution in [0.3, 0.4) is 0 Å². The van der Waals surface area contributed by atoms with Crippen molar-refractivity contribution in [1.29, 1.82) is 0 Å². The first kappa shape index (κ1) is 22.4. The minimum atomic E-state index is 0. The first-order valence-corrected chi connectivity index (χ1v) is 8.54. The largest absolute Gasteiger partial charge is 0.352 e. The van der Waals surface area contributed by atoms with Crippen LogP contribution in [0.2, 0.25) is 0 Å². The zero-order valence-corrected chi connectivity index (χ0v) is 16.8. The Morgan fingerprint density at radius 3 is 2.62 bits per heavy atom. The number of nitrogens with one attached hydrogen (secondary N) is 1. The summed E-state index contributed by atoms with van der Waals surface area (Å²) < 4.78 is 1.82. The summed E-state index contributed by atoms with van der Waals surface area (Å²) in [5, 5.41) is 7.39. The highest BCUT2D eigenvalue weighted by atomic mass is 35.5. The third-order valence-electron chi connectivity index (χ3n) is 4.69. The number of carbonyl (C=O) groups excluding carboxylic acids is 1. The lowest BCUT2D eigenvalue weighted by molar-refractivity contribution is -0.122. The lowest BCUT2D eigenvalue weighted by Crippen LogP contribution is -2.31. The van der Waals surface area contributed by atoms with E-state index in [0.29, 0.717) is 18.9 Å². The molecule has 1 amide bonds. The summed E-state index contributed by atoms with van der Waals surface area (Å²) >= 11 is 0. The number of aromatic nitrogens is 3. The molecule has 0 spiro atoms. The molecule has 1 aliphatic rings. The molecule has 2 aromatic rings. The average Bonchev–Trinajstić information content (AvgIpc) is 3.11. The molecule has 3 N–H and O–H groups in total. The summed E-state index contributed by atoms with van der Waals surface area (Å²) in [4.78, 5) is 16.5. The van der Waals surface area contributed by atoms with Crippen LogP contribution in [-0.4, -0.2) is 26.7 Å². The van der Waals surface area contributed by atoms with Gasteiger partial charge in [-0.3, -0.25) is 4.79 Å². The molecule has 0 aliphatic heterocycles.